The first-order valence-electron chi connectivity index (χ1n) is 3.64. The zero-order valence-corrected chi connectivity index (χ0v) is 10.2. The number of hydrogen-bond donors (Lipinski definition) is 0. The molecule has 2 rings (SSSR count). The summed E-state index contributed by atoms with van der Waals surface area (Å²) >= 11 is 9.13. The first-order chi connectivity index (χ1) is 6.20. The molecule has 1 heterocycles. The molecule has 13 heavy (non-hydrogen) atoms. The maximum atomic E-state index is 12.9. The molecule has 0 nitrogen and oxygen atoms in total. The van der Waals surface area contributed by atoms with E-state index in [4.69, 9.17) is 11.6 Å². The molecule has 0 spiro atoms. The average Bonchev–Trinajstić information content (AvgIpc) is 2.42. The predicted octanol–water partition coefficient (Wildman–Crippen LogP) is 4.38. The van der Waals surface area contributed by atoms with Crippen LogP contribution in [-0.2, 0) is 5.88 Å². The number of halogens is 3. The number of rotatable bonds is 1. The minimum absolute atomic E-state index is 0.141. The van der Waals surface area contributed by atoms with E-state index in [2.05, 4.69) is 22.6 Å². The molecule has 0 radical (unpaired) electrons. The molecule has 0 saturated heterocycles. The van der Waals surface area contributed by atoms with Gasteiger partial charge in [-0.25, -0.2) is 0 Å². The van der Waals surface area contributed by atoms with Crippen LogP contribution in [0, 0.1) is 8.70 Å². The van der Waals surface area contributed by atoms with Gasteiger partial charge in [-0.1, -0.05) is 0 Å². The highest BCUT2D eigenvalue weighted by molar-refractivity contribution is 14.1. The van der Waals surface area contributed by atoms with Crippen LogP contribution in [0.2, 0.25) is 0 Å². The van der Waals surface area contributed by atoms with Gasteiger partial charge in [0.05, 0.1) is 0 Å². The highest BCUT2D eigenvalue weighted by Gasteiger charge is 2.05. The van der Waals surface area contributed by atoms with Gasteiger partial charge >= 0.3 is 0 Å². The smallest absolute Gasteiger partial charge is 0.177 e. The number of hydrogen-bond acceptors (Lipinski definition) is 1. The van der Waals surface area contributed by atoms with Crippen LogP contribution in [0.3, 0.4) is 0 Å². The van der Waals surface area contributed by atoms with Crippen LogP contribution in [0.1, 0.15) is 5.56 Å². The normalized spacial score (nSPS) is 11.0. The van der Waals surface area contributed by atoms with Gasteiger partial charge < -0.3 is 0 Å². The van der Waals surface area contributed by atoms with Crippen molar-refractivity contribution >= 4 is 55.6 Å². The van der Waals surface area contributed by atoms with Gasteiger partial charge in [-0.3, -0.25) is 0 Å². The van der Waals surface area contributed by atoms with E-state index in [1.165, 1.54) is 11.3 Å². The molecule has 68 valence electrons. The summed E-state index contributed by atoms with van der Waals surface area (Å²) in [5.74, 6) is 0.478. The molecule has 1 aromatic carbocycles. The average molecular weight is 327 g/mol. The fourth-order valence-corrected chi connectivity index (χ4v) is 3.30. The third kappa shape index (κ3) is 1.82. The summed E-state index contributed by atoms with van der Waals surface area (Å²) in [4.78, 5) is 0. The van der Waals surface area contributed by atoms with E-state index in [0.717, 1.165) is 19.2 Å². The van der Waals surface area contributed by atoms with Crippen molar-refractivity contribution in [2.45, 2.75) is 5.88 Å². The molecule has 0 unspecified atom stereocenters. The standard InChI is InChI=1S/C9H5ClFIS/c10-4-6-1-5-2-9(11)13-8(5)3-7(6)12/h1-3H,4H2. The van der Waals surface area contributed by atoms with Crippen molar-refractivity contribution in [2.24, 2.45) is 0 Å². The molecule has 1 aromatic heterocycles. The van der Waals surface area contributed by atoms with Crippen molar-refractivity contribution in [1.82, 2.24) is 0 Å². The Kier molecular flexibility index (Phi) is 2.76. The van der Waals surface area contributed by atoms with Gasteiger partial charge in [0.15, 0.2) is 5.13 Å². The van der Waals surface area contributed by atoms with Gasteiger partial charge in [0.2, 0.25) is 0 Å². The SMILES string of the molecule is Fc1cc2cc(CCl)c(I)cc2s1. The molecule has 0 amide bonds. The van der Waals surface area contributed by atoms with Gasteiger partial charge in [0.1, 0.15) is 0 Å². The fraction of sp³-hybridized carbons (Fsp3) is 0.111. The van der Waals surface area contributed by atoms with Crippen LogP contribution in [0.25, 0.3) is 10.1 Å². The third-order valence-electron chi connectivity index (χ3n) is 1.80. The first kappa shape index (κ1) is 9.68. The number of fused-ring (bicyclic) bond motifs is 1. The van der Waals surface area contributed by atoms with E-state index in [-0.39, 0.29) is 5.13 Å². The molecule has 0 aliphatic rings. The zero-order valence-electron chi connectivity index (χ0n) is 6.48. The fourth-order valence-electron chi connectivity index (χ4n) is 1.18. The summed E-state index contributed by atoms with van der Waals surface area (Å²) in [7, 11) is 0. The molecular weight excluding hydrogens is 322 g/mol. The second-order valence-corrected chi connectivity index (χ2v) is 5.13. The number of benzene rings is 1. The molecule has 0 N–H and O–H groups in total. The van der Waals surface area contributed by atoms with E-state index >= 15 is 0 Å². The lowest BCUT2D eigenvalue weighted by Crippen LogP contribution is -1.82. The number of alkyl halides is 1. The highest BCUT2D eigenvalue weighted by Crippen LogP contribution is 2.28. The summed E-state index contributed by atoms with van der Waals surface area (Å²) in [6.45, 7) is 0. The van der Waals surface area contributed by atoms with Crippen LogP contribution in [-0.4, -0.2) is 0 Å². The van der Waals surface area contributed by atoms with Gasteiger partial charge in [-0.2, -0.15) is 4.39 Å². The lowest BCUT2D eigenvalue weighted by molar-refractivity contribution is 0.658. The van der Waals surface area contributed by atoms with Crippen LogP contribution in [0.5, 0.6) is 0 Å². The van der Waals surface area contributed by atoms with E-state index in [0.29, 0.717) is 5.88 Å². The van der Waals surface area contributed by atoms with E-state index in [9.17, 15) is 4.39 Å². The van der Waals surface area contributed by atoms with E-state index in [1.54, 1.807) is 6.07 Å². The Balaban J connectivity index is 2.72. The van der Waals surface area contributed by atoms with E-state index < -0.39 is 0 Å². The van der Waals surface area contributed by atoms with Gasteiger partial charge in [-0.15, -0.1) is 22.9 Å². The van der Waals surface area contributed by atoms with Crippen molar-refractivity contribution < 1.29 is 4.39 Å². The topological polar surface area (TPSA) is 0 Å². The Bertz CT molecular complexity index is 452. The molecule has 0 saturated carbocycles. The minimum Gasteiger partial charge on any atom is -0.195 e. The Morgan fingerprint density at radius 1 is 1.38 bits per heavy atom. The van der Waals surface area contributed by atoms with Crippen LogP contribution in [0.15, 0.2) is 18.2 Å². The quantitative estimate of drug-likeness (QED) is 0.539. The Hall–Kier alpha value is 0.130. The molecule has 2 aromatic rings. The third-order valence-corrected chi connectivity index (χ3v) is 3.98. The Morgan fingerprint density at radius 3 is 2.85 bits per heavy atom. The van der Waals surface area contributed by atoms with Crippen molar-refractivity contribution in [3.8, 4) is 0 Å². The molecule has 0 aliphatic carbocycles. The van der Waals surface area contributed by atoms with Crippen LogP contribution >= 0.6 is 45.5 Å². The summed E-state index contributed by atoms with van der Waals surface area (Å²) in [6.07, 6.45) is 0. The predicted molar refractivity (Wildman–Crippen MR) is 64.1 cm³/mol. The summed E-state index contributed by atoms with van der Waals surface area (Å²) in [5.41, 5.74) is 1.06. The largest absolute Gasteiger partial charge is 0.195 e. The zero-order chi connectivity index (χ0) is 9.42. The molecule has 4 heteroatoms. The van der Waals surface area contributed by atoms with Gasteiger partial charge in [-0.05, 0) is 51.7 Å². The minimum atomic E-state index is -0.141. The Labute approximate surface area is 97.8 Å². The maximum absolute atomic E-state index is 12.9. The summed E-state index contributed by atoms with van der Waals surface area (Å²) < 4.78 is 15.0. The van der Waals surface area contributed by atoms with E-state index in [1.807, 2.05) is 12.1 Å². The van der Waals surface area contributed by atoms with Gasteiger partial charge in [0.25, 0.3) is 0 Å². The van der Waals surface area contributed by atoms with Crippen molar-refractivity contribution in [3.05, 3.63) is 32.5 Å². The molecule has 0 atom stereocenters. The van der Waals surface area contributed by atoms with Crippen LogP contribution < -0.4 is 0 Å². The molecular formula is C9H5ClFIS. The van der Waals surface area contributed by atoms with Crippen molar-refractivity contribution in [1.29, 1.82) is 0 Å². The Morgan fingerprint density at radius 2 is 2.15 bits per heavy atom. The molecule has 0 bridgehead atoms. The number of thiophene rings is 1. The summed E-state index contributed by atoms with van der Waals surface area (Å²) in [6, 6.07) is 5.47. The monoisotopic (exact) mass is 326 g/mol. The van der Waals surface area contributed by atoms with Gasteiger partial charge in [0, 0.05) is 14.2 Å². The second-order valence-electron chi connectivity index (χ2n) is 2.67. The highest BCUT2D eigenvalue weighted by atomic mass is 127. The lowest BCUT2D eigenvalue weighted by atomic mass is 10.2. The second kappa shape index (κ2) is 3.71. The molecule has 0 aliphatic heterocycles. The van der Waals surface area contributed by atoms with Crippen molar-refractivity contribution in [2.75, 3.05) is 0 Å². The summed E-state index contributed by atoms with van der Waals surface area (Å²) in [5, 5.41) is 0.802. The maximum Gasteiger partial charge on any atom is 0.177 e. The van der Waals surface area contributed by atoms with Crippen LogP contribution in [0.4, 0.5) is 4.39 Å². The lowest BCUT2D eigenvalue weighted by Gasteiger charge is -1.99. The first-order valence-corrected chi connectivity index (χ1v) is 6.07. The molecule has 0 fully saturated rings. The van der Waals surface area contributed by atoms with Crippen molar-refractivity contribution in [3.63, 3.8) is 0 Å².